The summed E-state index contributed by atoms with van der Waals surface area (Å²) in [6.07, 6.45) is 0.565. The number of hydrogen-bond acceptors (Lipinski definition) is 3. The van der Waals surface area contributed by atoms with Gasteiger partial charge in [0.15, 0.2) is 6.29 Å². The first-order chi connectivity index (χ1) is 3.83. The van der Waals surface area contributed by atoms with Crippen LogP contribution in [0.4, 0.5) is 0 Å². The summed E-state index contributed by atoms with van der Waals surface area (Å²) in [4.78, 5) is 9.84. The third-order valence-electron chi connectivity index (χ3n) is 0.620. The van der Waals surface area contributed by atoms with Gasteiger partial charge in [0.25, 0.3) is 0 Å². The van der Waals surface area contributed by atoms with Crippen LogP contribution in [0.3, 0.4) is 0 Å². The van der Waals surface area contributed by atoms with E-state index in [9.17, 15) is 4.79 Å². The molecule has 0 atom stereocenters. The Morgan fingerprint density at radius 1 is 1.88 bits per heavy atom. The van der Waals surface area contributed by atoms with Gasteiger partial charge in [-0.1, -0.05) is 5.16 Å². The van der Waals surface area contributed by atoms with Crippen LogP contribution in [0.1, 0.15) is 10.5 Å². The minimum Gasteiger partial charge on any atom is -0.344 e. The molecule has 4 heteroatoms. The number of rotatable bonds is 1. The van der Waals surface area contributed by atoms with Crippen molar-refractivity contribution in [2.24, 2.45) is 0 Å². The van der Waals surface area contributed by atoms with E-state index >= 15 is 0 Å². The zero-order valence-electron chi connectivity index (χ0n) is 3.80. The largest absolute Gasteiger partial charge is 0.344 e. The van der Waals surface area contributed by atoms with Gasteiger partial charge in [-0.3, -0.25) is 4.79 Å². The lowest BCUT2D eigenvalue weighted by Crippen LogP contribution is -1.72. The van der Waals surface area contributed by atoms with Crippen LogP contribution >= 0.6 is 11.6 Å². The molecule has 1 aromatic rings. The summed E-state index contributed by atoms with van der Waals surface area (Å²) in [5.74, 6) is 0. The lowest BCUT2D eigenvalue weighted by Gasteiger charge is -1.62. The highest BCUT2D eigenvalue weighted by Gasteiger charge is 1.96. The van der Waals surface area contributed by atoms with Crippen LogP contribution in [0, 0.1) is 0 Å². The molecule has 42 valence electrons. The molecule has 0 spiro atoms. The van der Waals surface area contributed by atoms with Gasteiger partial charge in [0.1, 0.15) is 5.69 Å². The molecule has 0 saturated heterocycles. The second-order valence-corrected chi connectivity index (χ2v) is 1.55. The second-order valence-electron chi connectivity index (χ2n) is 1.17. The number of hydrogen-bond donors (Lipinski definition) is 0. The van der Waals surface area contributed by atoms with E-state index < -0.39 is 0 Å². The van der Waals surface area contributed by atoms with Crippen molar-refractivity contribution in [2.75, 3.05) is 0 Å². The van der Waals surface area contributed by atoms with E-state index in [1.807, 2.05) is 0 Å². The van der Waals surface area contributed by atoms with Gasteiger partial charge in [-0.25, -0.2) is 0 Å². The number of carbonyl (C=O) groups excluding carboxylic acids is 1. The van der Waals surface area contributed by atoms with Crippen LogP contribution in [-0.4, -0.2) is 11.4 Å². The van der Waals surface area contributed by atoms with Crippen molar-refractivity contribution in [1.29, 1.82) is 0 Å². The third kappa shape index (κ3) is 0.869. The van der Waals surface area contributed by atoms with Gasteiger partial charge in [0.2, 0.25) is 5.22 Å². The highest BCUT2D eigenvalue weighted by Crippen LogP contribution is 2.06. The highest BCUT2D eigenvalue weighted by molar-refractivity contribution is 6.29. The van der Waals surface area contributed by atoms with Crippen LogP contribution in [-0.2, 0) is 0 Å². The van der Waals surface area contributed by atoms with E-state index in [0.717, 1.165) is 0 Å². The van der Waals surface area contributed by atoms with Gasteiger partial charge in [0, 0.05) is 6.07 Å². The molecule has 0 fully saturated rings. The monoisotopic (exact) mass is 131 g/mol. The number of halogens is 1. The van der Waals surface area contributed by atoms with Crippen molar-refractivity contribution >= 4 is 17.9 Å². The molecule has 0 aliphatic heterocycles. The average molecular weight is 132 g/mol. The van der Waals surface area contributed by atoms with Crippen molar-refractivity contribution < 1.29 is 9.32 Å². The molecule has 0 aromatic carbocycles. The predicted octanol–water partition coefficient (Wildman–Crippen LogP) is 1.14. The maximum atomic E-state index is 9.84. The fraction of sp³-hybridized carbons (Fsp3) is 0. The lowest BCUT2D eigenvalue weighted by atomic mass is 10.5. The minimum absolute atomic E-state index is 0.132. The summed E-state index contributed by atoms with van der Waals surface area (Å²) in [7, 11) is 0. The van der Waals surface area contributed by atoms with Gasteiger partial charge < -0.3 is 4.52 Å². The smallest absolute Gasteiger partial charge is 0.226 e. The van der Waals surface area contributed by atoms with Crippen LogP contribution in [0.15, 0.2) is 10.6 Å². The molecular weight excluding hydrogens is 130 g/mol. The second kappa shape index (κ2) is 1.96. The molecular formula is C4H2ClNO2. The molecule has 1 rings (SSSR count). The predicted molar refractivity (Wildman–Crippen MR) is 26.9 cm³/mol. The Balaban J connectivity index is 3.00. The van der Waals surface area contributed by atoms with E-state index in [2.05, 4.69) is 9.68 Å². The number of aldehydes is 1. The molecule has 1 heterocycles. The van der Waals surface area contributed by atoms with Crippen LogP contribution in [0.25, 0.3) is 0 Å². The van der Waals surface area contributed by atoms with Gasteiger partial charge >= 0.3 is 0 Å². The molecule has 0 aliphatic carbocycles. The molecule has 0 aliphatic rings. The van der Waals surface area contributed by atoms with E-state index in [1.165, 1.54) is 6.07 Å². The minimum atomic E-state index is 0.132. The van der Waals surface area contributed by atoms with E-state index in [4.69, 9.17) is 11.6 Å². The summed E-state index contributed by atoms with van der Waals surface area (Å²) in [6.45, 7) is 0. The molecule has 1 aromatic heterocycles. The molecule has 0 amide bonds. The quantitative estimate of drug-likeness (QED) is 0.537. The van der Waals surface area contributed by atoms with E-state index in [1.54, 1.807) is 0 Å². The van der Waals surface area contributed by atoms with Crippen molar-refractivity contribution in [3.8, 4) is 0 Å². The van der Waals surface area contributed by atoms with E-state index in [-0.39, 0.29) is 10.9 Å². The standard InChI is InChI=1S/C4H2ClNO2/c5-4-1-3(2-7)6-8-4/h1-2H. The molecule has 0 saturated carbocycles. The zero-order valence-corrected chi connectivity index (χ0v) is 4.55. The normalized spacial score (nSPS) is 9.12. The van der Waals surface area contributed by atoms with Gasteiger partial charge in [0.05, 0.1) is 0 Å². The van der Waals surface area contributed by atoms with Gasteiger partial charge in [-0.15, -0.1) is 0 Å². The van der Waals surface area contributed by atoms with Crippen molar-refractivity contribution in [2.45, 2.75) is 0 Å². The Kier molecular flexibility index (Phi) is 1.30. The first kappa shape index (κ1) is 5.31. The summed E-state index contributed by atoms with van der Waals surface area (Å²) < 4.78 is 4.34. The first-order valence-corrected chi connectivity index (χ1v) is 2.28. The molecule has 3 nitrogen and oxygen atoms in total. The van der Waals surface area contributed by atoms with Crippen molar-refractivity contribution in [3.63, 3.8) is 0 Å². The average Bonchev–Trinajstić information content (AvgIpc) is 2.14. The molecule has 0 radical (unpaired) electrons. The number of aromatic nitrogens is 1. The third-order valence-corrected chi connectivity index (χ3v) is 0.798. The molecule has 0 N–H and O–H groups in total. The molecule has 8 heavy (non-hydrogen) atoms. The molecule has 0 bridgehead atoms. The Bertz CT molecular complexity index is 196. The van der Waals surface area contributed by atoms with Crippen LogP contribution < -0.4 is 0 Å². The Labute approximate surface area is 50.2 Å². The summed E-state index contributed by atoms with van der Waals surface area (Å²) in [5.41, 5.74) is 0.218. The highest BCUT2D eigenvalue weighted by atomic mass is 35.5. The Morgan fingerprint density at radius 2 is 2.62 bits per heavy atom. The van der Waals surface area contributed by atoms with Crippen LogP contribution in [0.5, 0.6) is 0 Å². The Morgan fingerprint density at radius 3 is 2.88 bits per heavy atom. The first-order valence-electron chi connectivity index (χ1n) is 1.90. The number of nitrogens with zero attached hydrogens (tertiary/aromatic N) is 1. The zero-order chi connectivity index (χ0) is 5.98. The van der Waals surface area contributed by atoms with Crippen molar-refractivity contribution in [1.82, 2.24) is 5.16 Å². The summed E-state index contributed by atoms with van der Waals surface area (Å²) in [5, 5.41) is 3.39. The fourth-order valence-corrected chi connectivity index (χ4v) is 0.467. The fourth-order valence-electron chi connectivity index (χ4n) is 0.321. The maximum Gasteiger partial charge on any atom is 0.226 e. The summed E-state index contributed by atoms with van der Waals surface area (Å²) >= 11 is 5.25. The topological polar surface area (TPSA) is 43.1 Å². The maximum absolute atomic E-state index is 9.84. The molecule has 0 unspecified atom stereocenters. The van der Waals surface area contributed by atoms with Gasteiger partial charge in [-0.05, 0) is 11.6 Å². The lowest BCUT2D eigenvalue weighted by molar-refractivity contribution is 0.111. The SMILES string of the molecule is O=Cc1cc(Cl)on1. The van der Waals surface area contributed by atoms with E-state index in [0.29, 0.717) is 6.29 Å². The summed E-state index contributed by atoms with van der Waals surface area (Å²) in [6, 6.07) is 1.34. The number of carbonyl (C=O) groups is 1. The van der Waals surface area contributed by atoms with Crippen molar-refractivity contribution in [3.05, 3.63) is 17.0 Å². The Hall–Kier alpha value is -0.830. The van der Waals surface area contributed by atoms with Gasteiger partial charge in [-0.2, -0.15) is 0 Å². The van der Waals surface area contributed by atoms with Crippen LogP contribution in [0.2, 0.25) is 5.22 Å².